The molecule has 0 atom stereocenters. The molecule has 2 aliphatic rings. The van der Waals surface area contributed by atoms with E-state index in [1.807, 2.05) is 18.2 Å². The van der Waals surface area contributed by atoms with Gasteiger partial charge in [0.15, 0.2) is 0 Å². The van der Waals surface area contributed by atoms with Crippen LogP contribution >= 0.6 is 0 Å². The van der Waals surface area contributed by atoms with Crippen molar-refractivity contribution in [3.8, 4) is 0 Å². The van der Waals surface area contributed by atoms with E-state index in [1.54, 1.807) is 11.0 Å². The van der Waals surface area contributed by atoms with Crippen LogP contribution in [-0.4, -0.2) is 19.0 Å². The number of benzene rings is 2. The van der Waals surface area contributed by atoms with Crippen LogP contribution in [-0.2, 0) is 12.8 Å². The average molecular weight is 282 g/mol. The zero-order valence-corrected chi connectivity index (χ0v) is 11.5. The molecule has 21 heavy (non-hydrogen) atoms. The summed E-state index contributed by atoms with van der Waals surface area (Å²) in [4.78, 5) is 14.4. The fourth-order valence-corrected chi connectivity index (χ4v) is 3.14. The van der Waals surface area contributed by atoms with Crippen molar-refractivity contribution in [2.75, 3.05) is 23.3 Å². The topological polar surface area (TPSA) is 32.3 Å². The molecule has 2 aromatic carbocycles. The molecule has 2 aromatic rings. The first-order valence-electron chi connectivity index (χ1n) is 7.19. The van der Waals surface area contributed by atoms with Gasteiger partial charge in [0.05, 0.1) is 5.69 Å². The minimum absolute atomic E-state index is 0.0594. The first kappa shape index (κ1) is 12.4. The van der Waals surface area contributed by atoms with Crippen LogP contribution in [0, 0.1) is 5.82 Å². The average Bonchev–Trinajstić information content (AvgIpc) is 3.11. The summed E-state index contributed by atoms with van der Waals surface area (Å²) in [6.45, 7) is 1.53. The highest BCUT2D eigenvalue weighted by molar-refractivity contribution is 6.07. The summed E-state index contributed by atoms with van der Waals surface area (Å²) in [5.74, 6) is -0.361. The number of hydrogen-bond acceptors (Lipinski definition) is 2. The number of carbonyl (C=O) groups excluding carboxylic acids is 1. The van der Waals surface area contributed by atoms with Gasteiger partial charge in [-0.2, -0.15) is 0 Å². The Balaban J connectivity index is 1.69. The van der Waals surface area contributed by atoms with Crippen LogP contribution in [0.4, 0.5) is 15.8 Å². The summed E-state index contributed by atoms with van der Waals surface area (Å²) in [7, 11) is 0. The van der Waals surface area contributed by atoms with Crippen LogP contribution in [0.1, 0.15) is 21.5 Å². The van der Waals surface area contributed by atoms with Crippen LogP contribution in [0.3, 0.4) is 0 Å². The van der Waals surface area contributed by atoms with Gasteiger partial charge < -0.3 is 10.2 Å². The van der Waals surface area contributed by atoms with E-state index in [0.717, 1.165) is 30.6 Å². The Hall–Kier alpha value is -2.36. The summed E-state index contributed by atoms with van der Waals surface area (Å²) in [5, 5.41) is 3.28. The largest absolute Gasteiger partial charge is 0.384 e. The van der Waals surface area contributed by atoms with E-state index in [2.05, 4.69) is 5.32 Å². The summed E-state index contributed by atoms with van der Waals surface area (Å²) in [5.41, 5.74) is 4.68. The second-order valence-electron chi connectivity index (χ2n) is 5.53. The van der Waals surface area contributed by atoms with Gasteiger partial charge in [-0.25, -0.2) is 4.39 Å². The van der Waals surface area contributed by atoms with Crippen LogP contribution in [0.2, 0.25) is 0 Å². The fraction of sp³-hybridized carbons (Fsp3) is 0.235. The SMILES string of the molecule is O=C(c1ccc2c(c1)NCC2)N1CCc2ccc(F)cc21. The molecule has 1 amide bonds. The minimum Gasteiger partial charge on any atom is -0.384 e. The molecule has 0 bridgehead atoms. The molecule has 106 valence electrons. The summed E-state index contributed by atoms with van der Waals surface area (Å²) in [6.07, 6.45) is 1.78. The highest BCUT2D eigenvalue weighted by Crippen LogP contribution is 2.31. The lowest BCUT2D eigenvalue weighted by Gasteiger charge is -2.18. The number of nitrogens with zero attached hydrogens (tertiary/aromatic N) is 1. The molecule has 0 unspecified atom stereocenters. The molecule has 0 saturated heterocycles. The highest BCUT2D eigenvalue weighted by atomic mass is 19.1. The van der Waals surface area contributed by atoms with Crippen LogP contribution < -0.4 is 10.2 Å². The summed E-state index contributed by atoms with van der Waals surface area (Å²) in [6, 6.07) is 10.4. The van der Waals surface area contributed by atoms with Gasteiger partial charge in [0.2, 0.25) is 0 Å². The molecule has 0 fully saturated rings. The third-order valence-electron chi connectivity index (χ3n) is 4.25. The molecule has 2 heterocycles. The third-order valence-corrected chi connectivity index (χ3v) is 4.25. The summed E-state index contributed by atoms with van der Waals surface area (Å²) >= 11 is 0. The lowest BCUT2D eigenvalue weighted by atomic mass is 10.1. The summed E-state index contributed by atoms with van der Waals surface area (Å²) < 4.78 is 13.4. The number of hydrogen-bond donors (Lipinski definition) is 1. The quantitative estimate of drug-likeness (QED) is 0.872. The highest BCUT2D eigenvalue weighted by Gasteiger charge is 2.26. The predicted octanol–water partition coefficient (Wildman–Crippen LogP) is 3.00. The minimum atomic E-state index is -0.302. The molecular formula is C17H15FN2O. The van der Waals surface area contributed by atoms with Crippen molar-refractivity contribution in [2.45, 2.75) is 12.8 Å². The van der Waals surface area contributed by atoms with Gasteiger partial charge in [0, 0.05) is 24.3 Å². The molecule has 1 N–H and O–H groups in total. The van der Waals surface area contributed by atoms with Gasteiger partial charge in [-0.1, -0.05) is 12.1 Å². The zero-order valence-electron chi connectivity index (χ0n) is 11.5. The second-order valence-corrected chi connectivity index (χ2v) is 5.53. The molecule has 3 nitrogen and oxygen atoms in total. The van der Waals surface area contributed by atoms with E-state index in [9.17, 15) is 9.18 Å². The van der Waals surface area contributed by atoms with E-state index >= 15 is 0 Å². The maximum atomic E-state index is 13.4. The Morgan fingerprint density at radius 1 is 1.10 bits per heavy atom. The lowest BCUT2D eigenvalue weighted by molar-refractivity contribution is 0.0989. The number of amides is 1. The van der Waals surface area contributed by atoms with Crippen LogP contribution in [0.15, 0.2) is 36.4 Å². The van der Waals surface area contributed by atoms with Gasteiger partial charge in [0.25, 0.3) is 5.91 Å². The molecular weight excluding hydrogens is 267 g/mol. The Bertz CT molecular complexity index is 742. The number of nitrogens with one attached hydrogen (secondary N) is 1. The van der Waals surface area contributed by atoms with Crippen LogP contribution in [0.5, 0.6) is 0 Å². The third kappa shape index (κ3) is 1.98. The molecule has 0 aliphatic carbocycles. The van der Waals surface area contributed by atoms with E-state index in [1.165, 1.54) is 17.7 Å². The Labute approximate surface area is 122 Å². The van der Waals surface area contributed by atoms with E-state index in [0.29, 0.717) is 17.8 Å². The Kier molecular flexibility index (Phi) is 2.70. The molecule has 0 spiro atoms. The molecule has 0 radical (unpaired) electrons. The van der Waals surface area contributed by atoms with Crippen molar-refractivity contribution in [1.82, 2.24) is 0 Å². The normalized spacial score (nSPS) is 15.6. The predicted molar refractivity (Wildman–Crippen MR) is 80.4 cm³/mol. The number of anilines is 2. The van der Waals surface area contributed by atoms with Crippen molar-refractivity contribution in [2.24, 2.45) is 0 Å². The molecule has 4 heteroatoms. The number of fused-ring (bicyclic) bond motifs is 2. The molecule has 0 aromatic heterocycles. The number of carbonyl (C=O) groups is 1. The first-order valence-corrected chi connectivity index (χ1v) is 7.19. The lowest BCUT2D eigenvalue weighted by Crippen LogP contribution is -2.28. The van der Waals surface area contributed by atoms with E-state index in [4.69, 9.17) is 0 Å². The van der Waals surface area contributed by atoms with Gasteiger partial charge in [-0.15, -0.1) is 0 Å². The van der Waals surface area contributed by atoms with Gasteiger partial charge >= 0.3 is 0 Å². The van der Waals surface area contributed by atoms with Crippen molar-refractivity contribution >= 4 is 17.3 Å². The number of rotatable bonds is 1. The fourth-order valence-electron chi connectivity index (χ4n) is 3.14. The van der Waals surface area contributed by atoms with Crippen molar-refractivity contribution in [3.05, 3.63) is 58.9 Å². The number of halogens is 1. The maximum Gasteiger partial charge on any atom is 0.258 e. The molecule has 4 rings (SSSR count). The van der Waals surface area contributed by atoms with Gasteiger partial charge in [-0.05, 0) is 48.2 Å². The van der Waals surface area contributed by atoms with Crippen molar-refractivity contribution in [1.29, 1.82) is 0 Å². The maximum absolute atomic E-state index is 13.4. The standard InChI is InChI=1S/C17H15FN2O/c18-14-4-3-12-6-8-20(16(12)10-14)17(21)13-2-1-11-5-7-19-15(11)9-13/h1-4,9-10,19H,5-8H2. The zero-order chi connectivity index (χ0) is 14.4. The van der Waals surface area contributed by atoms with Gasteiger partial charge in [0.1, 0.15) is 5.82 Å². The van der Waals surface area contributed by atoms with E-state index in [-0.39, 0.29) is 11.7 Å². The molecule has 0 saturated carbocycles. The van der Waals surface area contributed by atoms with Crippen molar-refractivity contribution in [3.63, 3.8) is 0 Å². The molecule has 2 aliphatic heterocycles. The monoisotopic (exact) mass is 282 g/mol. The second kappa shape index (κ2) is 4.58. The van der Waals surface area contributed by atoms with Gasteiger partial charge in [-0.3, -0.25) is 4.79 Å². The first-order chi connectivity index (χ1) is 10.2. The Morgan fingerprint density at radius 3 is 2.86 bits per heavy atom. The smallest absolute Gasteiger partial charge is 0.258 e. The van der Waals surface area contributed by atoms with Crippen LogP contribution in [0.25, 0.3) is 0 Å². The van der Waals surface area contributed by atoms with Crippen molar-refractivity contribution < 1.29 is 9.18 Å². The van der Waals surface area contributed by atoms with E-state index < -0.39 is 0 Å². The Morgan fingerprint density at radius 2 is 1.95 bits per heavy atom.